The second-order valence-corrected chi connectivity index (χ2v) is 4.47. The molecule has 5 nitrogen and oxygen atoms in total. The van der Waals surface area contributed by atoms with Gasteiger partial charge in [-0.2, -0.15) is 0 Å². The molecule has 0 spiro atoms. The molecule has 0 unspecified atom stereocenters. The minimum Gasteiger partial charge on any atom is -0.462 e. The quantitative estimate of drug-likeness (QED) is 0.819. The molecule has 2 aromatic heterocycles. The zero-order valence-electron chi connectivity index (χ0n) is 8.96. The molecule has 1 aliphatic rings. The number of aromatic nitrogens is 1. The lowest BCUT2D eigenvalue weighted by atomic mass is 10.4. The number of nitrogens with zero attached hydrogens (tertiary/aromatic N) is 2. The van der Waals surface area contributed by atoms with Gasteiger partial charge in [0.05, 0.1) is 19.4 Å². The van der Waals surface area contributed by atoms with Crippen LogP contribution in [0.3, 0.4) is 0 Å². The van der Waals surface area contributed by atoms with E-state index in [2.05, 4.69) is 4.98 Å². The molecule has 0 radical (unpaired) electrons. The van der Waals surface area contributed by atoms with Crippen LogP contribution in [0.1, 0.15) is 16.9 Å². The van der Waals surface area contributed by atoms with Crippen molar-refractivity contribution in [2.75, 3.05) is 13.2 Å². The molecular formula is C11H10N2O3S. The third-order valence-corrected chi connectivity index (χ3v) is 3.29. The number of hydrogen-bond acceptors (Lipinski definition) is 5. The van der Waals surface area contributed by atoms with Crippen LogP contribution >= 0.6 is 11.3 Å². The van der Waals surface area contributed by atoms with Gasteiger partial charge in [0.25, 0.3) is 5.91 Å². The maximum absolute atomic E-state index is 11.9. The summed E-state index contributed by atoms with van der Waals surface area (Å²) in [7, 11) is 0. The Balaban J connectivity index is 1.82. The summed E-state index contributed by atoms with van der Waals surface area (Å²) in [5.74, 6) is 0.493. The van der Waals surface area contributed by atoms with E-state index < -0.39 is 0 Å². The SMILES string of the molecule is O=C(c1csc(-c2ccco2)n1)N1CCCO1. The molecule has 3 heterocycles. The van der Waals surface area contributed by atoms with E-state index in [-0.39, 0.29) is 5.91 Å². The summed E-state index contributed by atoms with van der Waals surface area (Å²) in [5.41, 5.74) is 0.406. The van der Waals surface area contributed by atoms with Crippen molar-refractivity contribution in [2.45, 2.75) is 6.42 Å². The van der Waals surface area contributed by atoms with Crippen LogP contribution in [0.15, 0.2) is 28.2 Å². The fourth-order valence-corrected chi connectivity index (χ4v) is 2.38. The van der Waals surface area contributed by atoms with Crippen molar-refractivity contribution in [3.05, 3.63) is 29.5 Å². The van der Waals surface area contributed by atoms with Crippen LogP contribution in [0.25, 0.3) is 10.8 Å². The molecule has 1 amide bonds. The van der Waals surface area contributed by atoms with Crippen LogP contribution in [-0.2, 0) is 4.84 Å². The zero-order valence-corrected chi connectivity index (χ0v) is 9.77. The summed E-state index contributed by atoms with van der Waals surface area (Å²) in [6, 6.07) is 3.61. The summed E-state index contributed by atoms with van der Waals surface area (Å²) >= 11 is 1.39. The van der Waals surface area contributed by atoms with Crippen molar-refractivity contribution in [2.24, 2.45) is 0 Å². The van der Waals surface area contributed by atoms with Gasteiger partial charge < -0.3 is 4.42 Å². The Morgan fingerprint density at radius 3 is 3.18 bits per heavy atom. The van der Waals surface area contributed by atoms with Gasteiger partial charge in [0.1, 0.15) is 5.69 Å². The van der Waals surface area contributed by atoms with Crippen LogP contribution < -0.4 is 0 Å². The monoisotopic (exact) mass is 250 g/mol. The third-order valence-electron chi connectivity index (χ3n) is 2.43. The Labute approximate surface area is 102 Å². The molecule has 2 aromatic rings. The van der Waals surface area contributed by atoms with E-state index >= 15 is 0 Å². The average molecular weight is 250 g/mol. The van der Waals surface area contributed by atoms with E-state index in [0.29, 0.717) is 29.6 Å². The molecule has 1 aliphatic heterocycles. The predicted molar refractivity (Wildman–Crippen MR) is 61.4 cm³/mol. The molecule has 0 saturated carbocycles. The highest BCUT2D eigenvalue weighted by Gasteiger charge is 2.23. The van der Waals surface area contributed by atoms with Gasteiger partial charge in [-0.1, -0.05) is 0 Å². The van der Waals surface area contributed by atoms with Crippen molar-refractivity contribution in [1.82, 2.24) is 10.0 Å². The molecule has 0 N–H and O–H groups in total. The lowest BCUT2D eigenvalue weighted by Gasteiger charge is -2.11. The number of rotatable bonds is 2. The van der Waals surface area contributed by atoms with Crippen molar-refractivity contribution >= 4 is 17.2 Å². The molecular weight excluding hydrogens is 240 g/mol. The van der Waals surface area contributed by atoms with Crippen molar-refractivity contribution in [3.63, 3.8) is 0 Å². The van der Waals surface area contributed by atoms with Gasteiger partial charge in [-0.25, -0.2) is 10.0 Å². The van der Waals surface area contributed by atoms with Gasteiger partial charge in [-0.15, -0.1) is 11.3 Å². The highest BCUT2D eigenvalue weighted by atomic mass is 32.1. The Bertz CT molecular complexity index is 515. The first-order valence-corrected chi connectivity index (χ1v) is 6.17. The molecule has 88 valence electrons. The number of amides is 1. The highest BCUT2D eigenvalue weighted by Crippen LogP contribution is 2.24. The molecule has 1 fully saturated rings. The standard InChI is InChI=1S/C11H10N2O3S/c14-11(13-4-2-6-16-13)8-7-17-10(12-8)9-3-1-5-15-9/h1,3,5,7H,2,4,6H2. The van der Waals surface area contributed by atoms with Gasteiger partial charge in [0, 0.05) is 5.38 Å². The fourth-order valence-electron chi connectivity index (χ4n) is 1.62. The first-order chi connectivity index (χ1) is 8.34. The summed E-state index contributed by atoms with van der Waals surface area (Å²) in [6.45, 7) is 1.23. The third kappa shape index (κ3) is 1.96. The number of carbonyl (C=O) groups excluding carboxylic acids is 1. The summed E-state index contributed by atoms with van der Waals surface area (Å²) in [5, 5.41) is 3.79. The smallest absolute Gasteiger partial charge is 0.296 e. The van der Waals surface area contributed by atoms with Crippen molar-refractivity contribution in [3.8, 4) is 10.8 Å². The van der Waals surface area contributed by atoms with Crippen LogP contribution in [0.2, 0.25) is 0 Å². The zero-order chi connectivity index (χ0) is 11.7. The topological polar surface area (TPSA) is 55.6 Å². The number of hydroxylamine groups is 2. The number of hydrogen-bond donors (Lipinski definition) is 0. The molecule has 1 saturated heterocycles. The first-order valence-electron chi connectivity index (χ1n) is 5.29. The van der Waals surface area contributed by atoms with Crippen molar-refractivity contribution in [1.29, 1.82) is 0 Å². The molecule has 0 atom stereocenters. The summed E-state index contributed by atoms with van der Waals surface area (Å²) < 4.78 is 5.23. The lowest BCUT2D eigenvalue weighted by molar-refractivity contribution is -0.0771. The first kappa shape index (κ1) is 10.5. The Hall–Kier alpha value is -1.66. The average Bonchev–Trinajstić information content (AvgIpc) is 3.09. The van der Waals surface area contributed by atoms with E-state index in [1.54, 1.807) is 17.7 Å². The minimum absolute atomic E-state index is 0.184. The van der Waals surface area contributed by atoms with Crippen LogP contribution in [-0.4, -0.2) is 29.1 Å². The normalized spacial score (nSPS) is 15.4. The van der Waals surface area contributed by atoms with E-state index in [4.69, 9.17) is 9.25 Å². The van der Waals surface area contributed by atoms with E-state index in [1.165, 1.54) is 16.4 Å². The van der Waals surface area contributed by atoms with Gasteiger partial charge in [-0.3, -0.25) is 9.63 Å². The second-order valence-electron chi connectivity index (χ2n) is 3.61. The maximum atomic E-state index is 11.9. The van der Waals surface area contributed by atoms with Gasteiger partial charge in [-0.05, 0) is 18.6 Å². The van der Waals surface area contributed by atoms with E-state index in [9.17, 15) is 4.79 Å². The van der Waals surface area contributed by atoms with Crippen LogP contribution in [0, 0.1) is 0 Å². The second kappa shape index (κ2) is 4.31. The fraction of sp³-hybridized carbons (Fsp3) is 0.273. The van der Waals surface area contributed by atoms with Crippen LogP contribution in [0.5, 0.6) is 0 Å². The molecule has 0 bridgehead atoms. The minimum atomic E-state index is -0.184. The van der Waals surface area contributed by atoms with Crippen molar-refractivity contribution < 1.29 is 14.0 Å². The Morgan fingerprint density at radius 2 is 2.47 bits per heavy atom. The summed E-state index contributed by atoms with van der Waals surface area (Å²) in [4.78, 5) is 21.4. The lowest BCUT2D eigenvalue weighted by Crippen LogP contribution is -2.26. The molecule has 0 aromatic carbocycles. The van der Waals surface area contributed by atoms with Gasteiger partial charge >= 0.3 is 0 Å². The molecule has 3 rings (SSSR count). The predicted octanol–water partition coefficient (Wildman–Crippen LogP) is 2.18. The Kier molecular flexibility index (Phi) is 2.66. The number of thiazole rings is 1. The van der Waals surface area contributed by atoms with Gasteiger partial charge in [0.15, 0.2) is 10.8 Å². The van der Waals surface area contributed by atoms with E-state index in [0.717, 1.165) is 6.42 Å². The highest BCUT2D eigenvalue weighted by molar-refractivity contribution is 7.13. The van der Waals surface area contributed by atoms with Gasteiger partial charge in [0.2, 0.25) is 0 Å². The largest absolute Gasteiger partial charge is 0.462 e. The number of carbonyl (C=O) groups is 1. The summed E-state index contributed by atoms with van der Waals surface area (Å²) in [6.07, 6.45) is 2.46. The maximum Gasteiger partial charge on any atom is 0.296 e. The molecule has 6 heteroatoms. The number of furan rings is 1. The van der Waals surface area contributed by atoms with Crippen LogP contribution in [0.4, 0.5) is 0 Å². The van der Waals surface area contributed by atoms with E-state index in [1.807, 2.05) is 6.07 Å². The Morgan fingerprint density at radius 1 is 1.53 bits per heavy atom. The molecule has 17 heavy (non-hydrogen) atoms. The molecule has 0 aliphatic carbocycles.